The van der Waals surface area contributed by atoms with Crippen molar-refractivity contribution in [3.05, 3.63) is 47.2 Å². The summed E-state index contributed by atoms with van der Waals surface area (Å²) >= 11 is 6.04. The third-order valence-electron chi connectivity index (χ3n) is 8.30. The van der Waals surface area contributed by atoms with Crippen LogP contribution in [0.15, 0.2) is 36.5 Å². The zero-order valence-electron chi connectivity index (χ0n) is 25.1. The summed E-state index contributed by atoms with van der Waals surface area (Å²) in [5.41, 5.74) is 3.95. The largest absolute Gasteiger partial charge is 0.481 e. The van der Waals surface area contributed by atoms with Crippen molar-refractivity contribution in [3.63, 3.8) is 0 Å². The van der Waals surface area contributed by atoms with Gasteiger partial charge in [-0.2, -0.15) is 0 Å². The number of aromatic nitrogens is 1. The molecule has 1 aromatic heterocycles. The van der Waals surface area contributed by atoms with E-state index in [0.717, 1.165) is 54.9 Å². The van der Waals surface area contributed by atoms with Crippen molar-refractivity contribution in [2.24, 2.45) is 5.92 Å². The van der Waals surface area contributed by atoms with E-state index in [2.05, 4.69) is 81.1 Å². The number of hydrogen-bond acceptors (Lipinski definition) is 5. The maximum atomic E-state index is 11.4. The van der Waals surface area contributed by atoms with Gasteiger partial charge in [-0.3, -0.25) is 4.79 Å². The van der Waals surface area contributed by atoms with E-state index >= 15 is 0 Å². The third-order valence-corrected chi connectivity index (χ3v) is 13.1. The number of carboxylic acids is 1. The second-order valence-corrected chi connectivity index (χ2v) is 18.3. The van der Waals surface area contributed by atoms with E-state index in [-0.39, 0.29) is 17.4 Å². The molecular formula is C31H48ClN3O3Si. The maximum Gasteiger partial charge on any atom is 0.303 e. The van der Waals surface area contributed by atoms with Crippen LogP contribution in [0.4, 0.5) is 17.1 Å². The van der Waals surface area contributed by atoms with Gasteiger partial charge in [0.25, 0.3) is 0 Å². The van der Waals surface area contributed by atoms with Crippen molar-refractivity contribution in [2.75, 3.05) is 16.8 Å². The lowest BCUT2D eigenvalue weighted by Crippen LogP contribution is -2.47. The predicted octanol–water partition coefficient (Wildman–Crippen LogP) is 8.85. The molecule has 1 aliphatic carbocycles. The Morgan fingerprint density at radius 1 is 1.15 bits per heavy atom. The lowest BCUT2D eigenvalue weighted by atomic mass is 9.90. The first-order chi connectivity index (χ1) is 18.2. The molecule has 2 N–H and O–H groups in total. The zero-order chi connectivity index (χ0) is 29.0. The quantitative estimate of drug-likeness (QED) is 0.206. The fourth-order valence-electron chi connectivity index (χ4n) is 5.10. The van der Waals surface area contributed by atoms with Gasteiger partial charge in [0, 0.05) is 18.7 Å². The lowest BCUT2D eigenvalue weighted by molar-refractivity contribution is -0.137. The second kappa shape index (κ2) is 13.0. The summed E-state index contributed by atoms with van der Waals surface area (Å²) in [6.07, 6.45) is 6.48. The third kappa shape index (κ3) is 8.69. The summed E-state index contributed by atoms with van der Waals surface area (Å²) in [4.78, 5) is 18.2. The number of carboxylic acid groups (broad SMARTS) is 1. The number of pyridine rings is 1. The van der Waals surface area contributed by atoms with Crippen LogP contribution in [0.1, 0.15) is 85.1 Å². The minimum absolute atomic E-state index is 0.0925. The first-order valence-electron chi connectivity index (χ1n) is 14.3. The highest BCUT2D eigenvalue weighted by Crippen LogP contribution is 2.41. The summed E-state index contributed by atoms with van der Waals surface area (Å²) in [7, 11) is -1.80. The number of benzene rings is 1. The molecule has 0 saturated heterocycles. The normalized spacial score (nSPS) is 19.1. The van der Waals surface area contributed by atoms with Crippen LogP contribution < -0.4 is 10.2 Å². The van der Waals surface area contributed by atoms with Gasteiger partial charge in [-0.05, 0) is 85.5 Å². The Kier molecular flexibility index (Phi) is 10.5. The second-order valence-electron chi connectivity index (χ2n) is 13.1. The molecule has 0 bridgehead atoms. The van der Waals surface area contributed by atoms with Crippen molar-refractivity contribution >= 4 is 42.9 Å². The molecule has 0 aliphatic heterocycles. The fourth-order valence-corrected chi connectivity index (χ4v) is 6.64. The molecule has 1 atom stereocenters. The maximum absolute atomic E-state index is 11.4. The summed E-state index contributed by atoms with van der Waals surface area (Å²) in [5.74, 6) is -0.398. The highest BCUT2D eigenvalue weighted by molar-refractivity contribution is 6.74. The Morgan fingerprint density at radius 2 is 1.82 bits per heavy atom. The Hall–Kier alpha value is -2.09. The number of nitrogens with one attached hydrogen (secondary N) is 1. The van der Waals surface area contributed by atoms with Gasteiger partial charge in [-0.15, -0.1) is 0 Å². The zero-order valence-corrected chi connectivity index (χ0v) is 26.8. The molecule has 0 amide bonds. The summed E-state index contributed by atoms with van der Waals surface area (Å²) in [6, 6.07) is 10.5. The van der Waals surface area contributed by atoms with Crippen LogP contribution in [0.2, 0.25) is 23.3 Å². The smallest absolute Gasteiger partial charge is 0.303 e. The molecule has 216 valence electrons. The van der Waals surface area contributed by atoms with E-state index in [4.69, 9.17) is 16.0 Å². The number of rotatable bonds is 11. The SMILES string of the molecule is CC(C)CN(c1ccc([C@H](C)CC(=O)O)cc1Nc1ccc(Cl)nc1)C1CCC(O[Si](C)(C)C(C)(C)C)CC1. The molecule has 0 unspecified atom stereocenters. The Morgan fingerprint density at radius 3 is 2.36 bits per heavy atom. The van der Waals surface area contributed by atoms with Gasteiger partial charge in [0.15, 0.2) is 8.32 Å². The number of aliphatic carboxylic acids is 1. The molecule has 1 fully saturated rings. The van der Waals surface area contributed by atoms with Crippen LogP contribution >= 0.6 is 11.6 Å². The van der Waals surface area contributed by atoms with Crippen molar-refractivity contribution in [3.8, 4) is 0 Å². The Bertz CT molecular complexity index is 1090. The van der Waals surface area contributed by atoms with Gasteiger partial charge >= 0.3 is 5.97 Å². The monoisotopic (exact) mass is 573 g/mol. The Balaban J connectivity index is 1.90. The molecule has 1 saturated carbocycles. The molecule has 1 aliphatic rings. The lowest BCUT2D eigenvalue weighted by Gasteiger charge is -2.44. The molecule has 39 heavy (non-hydrogen) atoms. The fraction of sp³-hybridized carbons (Fsp3) is 0.613. The molecule has 2 aromatic rings. The van der Waals surface area contributed by atoms with E-state index in [9.17, 15) is 9.90 Å². The standard InChI is InChI=1S/C31H48ClN3O3Si/c1-21(2)20-35(25-11-13-26(14-12-25)38-39(7,8)31(4,5)6)28-15-9-23(22(3)17-30(36)37)18-27(28)34-24-10-16-29(32)33-19-24/h9-10,15-16,18-19,21-22,25-26,34H,11-14,17,20H2,1-8H3,(H,36,37)/t22-,25?,26?/m1/s1. The van der Waals surface area contributed by atoms with Crippen molar-refractivity contribution in [1.82, 2.24) is 4.98 Å². The van der Waals surface area contributed by atoms with Crippen LogP contribution in [0, 0.1) is 5.92 Å². The van der Waals surface area contributed by atoms with E-state index in [0.29, 0.717) is 23.2 Å². The van der Waals surface area contributed by atoms with Crippen LogP contribution in [-0.4, -0.2) is 43.1 Å². The number of halogens is 1. The average molecular weight is 574 g/mol. The summed E-state index contributed by atoms with van der Waals surface area (Å²) in [6.45, 7) is 19.0. The van der Waals surface area contributed by atoms with E-state index in [1.54, 1.807) is 12.3 Å². The minimum atomic E-state index is -1.80. The van der Waals surface area contributed by atoms with E-state index in [1.807, 2.05) is 13.0 Å². The van der Waals surface area contributed by atoms with Gasteiger partial charge < -0.3 is 19.7 Å². The van der Waals surface area contributed by atoms with Crippen LogP contribution in [0.5, 0.6) is 0 Å². The first kappa shape index (κ1) is 31.4. The van der Waals surface area contributed by atoms with Gasteiger partial charge in [0.1, 0.15) is 5.15 Å². The van der Waals surface area contributed by atoms with Gasteiger partial charge in [0.05, 0.1) is 29.7 Å². The van der Waals surface area contributed by atoms with Crippen LogP contribution in [0.25, 0.3) is 0 Å². The minimum Gasteiger partial charge on any atom is -0.481 e. The highest BCUT2D eigenvalue weighted by Gasteiger charge is 2.40. The van der Waals surface area contributed by atoms with Crippen LogP contribution in [0.3, 0.4) is 0 Å². The van der Waals surface area contributed by atoms with Crippen molar-refractivity contribution in [2.45, 2.75) is 110 Å². The molecule has 0 spiro atoms. The number of hydrogen-bond donors (Lipinski definition) is 2. The topological polar surface area (TPSA) is 74.7 Å². The van der Waals surface area contributed by atoms with Gasteiger partial charge in [-0.1, -0.05) is 59.2 Å². The summed E-state index contributed by atoms with van der Waals surface area (Å²) in [5, 5.41) is 13.6. The van der Waals surface area contributed by atoms with Gasteiger partial charge in [-0.25, -0.2) is 4.98 Å². The molecule has 3 rings (SSSR count). The highest BCUT2D eigenvalue weighted by atomic mass is 35.5. The number of nitrogens with zero attached hydrogens (tertiary/aromatic N) is 2. The first-order valence-corrected chi connectivity index (χ1v) is 17.6. The van der Waals surface area contributed by atoms with Gasteiger partial charge in [0.2, 0.25) is 0 Å². The predicted molar refractivity (Wildman–Crippen MR) is 166 cm³/mol. The van der Waals surface area contributed by atoms with Crippen molar-refractivity contribution in [1.29, 1.82) is 0 Å². The number of anilines is 3. The summed E-state index contributed by atoms with van der Waals surface area (Å²) < 4.78 is 6.79. The van der Waals surface area contributed by atoms with E-state index in [1.165, 1.54) is 0 Å². The van der Waals surface area contributed by atoms with E-state index < -0.39 is 14.3 Å². The van der Waals surface area contributed by atoms with Crippen molar-refractivity contribution < 1.29 is 14.3 Å². The molecule has 1 aromatic carbocycles. The van der Waals surface area contributed by atoms with Crippen LogP contribution in [-0.2, 0) is 9.22 Å². The Labute approximate surface area is 241 Å². The molecule has 0 radical (unpaired) electrons. The molecule has 1 heterocycles. The average Bonchev–Trinajstić information content (AvgIpc) is 2.83. The molecule has 8 heteroatoms. The molecular weight excluding hydrogens is 526 g/mol. The number of carbonyl (C=O) groups is 1. The molecule has 6 nitrogen and oxygen atoms in total.